The Bertz CT molecular complexity index is 979. The van der Waals surface area contributed by atoms with Crippen LogP contribution >= 0.6 is 12.2 Å². The average molecular weight is 322 g/mol. The van der Waals surface area contributed by atoms with Crippen molar-refractivity contribution in [2.45, 2.75) is 11.4 Å². The Labute approximate surface area is 127 Å². The summed E-state index contributed by atoms with van der Waals surface area (Å²) in [5.74, 6) is 0.844. The quantitative estimate of drug-likeness (QED) is 0.747. The van der Waals surface area contributed by atoms with Crippen LogP contribution in [0.15, 0.2) is 35.5 Å². The molecule has 0 saturated heterocycles. The summed E-state index contributed by atoms with van der Waals surface area (Å²) < 4.78 is 27.9. The highest BCUT2D eigenvalue weighted by atomic mass is 32.2. The number of sulfone groups is 1. The third-order valence-electron chi connectivity index (χ3n) is 3.39. The van der Waals surface area contributed by atoms with Crippen molar-refractivity contribution in [3.05, 3.63) is 41.2 Å². The largest absolute Gasteiger partial charge is 0.337 e. The summed E-state index contributed by atoms with van der Waals surface area (Å²) in [6.45, 7) is 0.482. The second-order valence-electron chi connectivity index (χ2n) is 4.89. The van der Waals surface area contributed by atoms with E-state index in [2.05, 4.69) is 9.97 Å². The summed E-state index contributed by atoms with van der Waals surface area (Å²) in [5.41, 5.74) is 1.30. The van der Waals surface area contributed by atoms with E-state index in [1.165, 1.54) is 6.26 Å². The molecular formula is C13H14N4O2S2. The zero-order valence-electron chi connectivity index (χ0n) is 11.6. The minimum absolute atomic E-state index is 0.254. The van der Waals surface area contributed by atoms with E-state index in [9.17, 15) is 8.42 Å². The molecule has 21 heavy (non-hydrogen) atoms. The van der Waals surface area contributed by atoms with Gasteiger partial charge in [-0.3, -0.25) is 0 Å². The first-order valence-corrected chi connectivity index (χ1v) is 8.55. The number of rotatable bonds is 3. The Morgan fingerprint density at radius 3 is 2.76 bits per heavy atom. The van der Waals surface area contributed by atoms with Crippen molar-refractivity contribution in [1.82, 2.24) is 19.1 Å². The first kappa shape index (κ1) is 14.0. The number of imidazole rings is 2. The smallest absolute Gasteiger partial charge is 0.178 e. The molecule has 0 fully saturated rings. The highest BCUT2D eigenvalue weighted by Gasteiger charge is 2.16. The van der Waals surface area contributed by atoms with Gasteiger partial charge in [0.05, 0.1) is 22.5 Å². The zero-order valence-corrected chi connectivity index (χ0v) is 13.2. The topological polar surface area (TPSA) is 72.7 Å². The molecule has 2 heterocycles. The summed E-state index contributed by atoms with van der Waals surface area (Å²) in [4.78, 5) is 7.52. The molecular weight excluding hydrogens is 308 g/mol. The van der Waals surface area contributed by atoms with Crippen molar-refractivity contribution in [3.8, 4) is 0 Å². The number of H-pyrrole nitrogens is 1. The predicted octanol–water partition coefficient (Wildman–Crippen LogP) is 1.88. The number of fused-ring (bicyclic) bond motifs is 1. The maximum absolute atomic E-state index is 11.9. The first-order valence-electron chi connectivity index (χ1n) is 6.25. The number of nitrogens with one attached hydrogen (secondary N) is 1. The van der Waals surface area contributed by atoms with E-state index >= 15 is 0 Å². The molecule has 0 unspecified atom stereocenters. The number of benzene rings is 1. The first-order chi connectivity index (χ1) is 9.88. The van der Waals surface area contributed by atoms with Crippen molar-refractivity contribution >= 4 is 33.1 Å². The number of hydrogen-bond acceptors (Lipinski definition) is 4. The Balaban J connectivity index is 2.24. The summed E-state index contributed by atoms with van der Waals surface area (Å²) in [6, 6.07) is 5.14. The molecule has 0 spiro atoms. The van der Waals surface area contributed by atoms with Crippen LogP contribution in [0.4, 0.5) is 0 Å². The third kappa shape index (κ3) is 2.40. The van der Waals surface area contributed by atoms with Gasteiger partial charge < -0.3 is 14.1 Å². The monoisotopic (exact) mass is 322 g/mol. The van der Waals surface area contributed by atoms with Gasteiger partial charge in [0.1, 0.15) is 5.82 Å². The molecule has 1 N–H and O–H groups in total. The minimum atomic E-state index is -3.31. The van der Waals surface area contributed by atoms with Gasteiger partial charge in [-0.2, -0.15) is 0 Å². The van der Waals surface area contributed by atoms with Gasteiger partial charge in [-0.1, -0.05) is 6.07 Å². The summed E-state index contributed by atoms with van der Waals surface area (Å²) in [5, 5.41) is 0. The van der Waals surface area contributed by atoms with Crippen molar-refractivity contribution in [1.29, 1.82) is 0 Å². The Hall–Kier alpha value is -1.93. The molecule has 3 rings (SSSR count). The van der Waals surface area contributed by atoms with Crippen LogP contribution in [0.2, 0.25) is 0 Å². The zero-order chi connectivity index (χ0) is 15.2. The van der Waals surface area contributed by atoms with Crippen LogP contribution in [-0.4, -0.2) is 33.8 Å². The van der Waals surface area contributed by atoms with Gasteiger partial charge in [0.25, 0.3) is 0 Å². The van der Waals surface area contributed by atoms with Crippen LogP contribution in [0, 0.1) is 4.77 Å². The van der Waals surface area contributed by atoms with Gasteiger partial charge in [0.2, 0.25) is 0 Å². The van der Waals surface area contributed by atoms with Gasteiger partial charge in [-0.15, -0.1) is 0 Å². The maximum atomic E-state index is 11.9. The fraction of sp³-hybridized carbons (Fsp3) is 0.231. The number of aromatic amines is 1. The van der Waals surface area contributed by atoms with Crippen LogP contribution in [0.1, 0.15) is 5.82 Å². The van der Waals surface area contributed by atoms with Crippen LogP contribution in [0.25, 0.3) is 11.0 Å². The maximum Gasteiger partial charge on any atom is 0.178 e. The Morgan fingerprint density at radius 1 is 1.38 bits per heavy atom. The molecule has 0 amide bonds. The van der Waals surface area contributed by atoms with Crippen LogP contribution in [0.3, 0.4) is 0 Å². The number of hydrogen-bond donors (Lipinski definition) is 1. The fourth-order valence-corrected chi connectivity index (χ4v) is 3.43. The molecule has 0 aliphatic carbocycles. The second-order valence-corrected chi connectivity index (χ2v) is 7.26. The van der Waals surface area contributed by atoms with Crippen molar-refractivity contribution in [3.63, 3.8) is 0 Å². The minimum Gasteiger partial charge on any atom is -0.337 e. The Kier molecular flexibility index (Phi) is 3.22. The summed E-state index contributed by atoms with van der Waals surface area (Å²) in [7, 11) is -1.41. The van der Waals surface area contributed by atoms with Gasteiger partial charge in [-0.25, -0.2) is 13.4 Å². The van der Waals surface area contributed by atoms with Gasteiger partial charge in [0, 0.05) is 25.7 Å². The molecule has 0 radical (unpaired) electrons. The molecule has 0 atom stereocenters. The van der Waals surface area contributed by atoms with Gasteiger partial charge in [-0.05, 0) is 24.4 Å². The lowest BCUT2D eigenvalue weighted by Crippen LogP contribution is -2.06. The highest BCUT2D eigenvalue weighted by molar-refractivity contribution is 7.91. The number of para-hydroxylation sites is 1. The van der Waals surface area contributed by atoms with E-state index in [1.54, 1.807) is 18.3 Å². The van der Waals surface area contributed by atoms with Crippen LogP contribution < -0.4 is 0 Å². The molecule has 110 valence electrons. The van der Waals surface area contributed by atoms with Crippen molar-refractivity contribution in [2.75, 3.05) is 6.26 Å². The summed E-state index contributed by atoms with van der Waals surface area (Å²) in [6.07, 6.45) is 4.76. The number of aryl methyl sites for hydroxylation is 1. The fourth-order valence-electron chi connectivity index (χ4n) is 2.31. The molecule has 0 aliphatic rings. The third-order valence-corrected chi connectivity index (χ3v) is 4.85. The number of nitrogens with zero attached hydrogens (tertiary/aromatic N) is 3. The molecule has 3 aromatic rings. The van der Waals surface area contributed by atoms with Gasteiger partial charge in [0.15, 0.2) is 14.6 Å². The molecule has 0 saturated carbocycles. The SMILES string of the molecule is Cn1ccnc1Cn1c(=S)[nH]c2c(S(C)(=O)=O)cccc21. The van der Waals surface area contributed by atoms with E-state index in [0.717, 1.165) is 11.3 Å². The number of aromatic nitrogens is 4. The van der Waals surface area contributed by atoms with Crippen LogP contribution in [0.5, 0.6) is 0 Å². The molecule has 2 aromatic heterocycles. The van der Waals surface area contributed by atoms with E-state index in [1.807, 2.05) is 28.4 Å². The van der Waals surface area contributed by atoms with E-state index in [4.69, 9.17) is 12.2 Å². The Morgan fingerprint density at radius 2 is 2.14 bits per heavy atom. The predicted molar refractivity (Wildman–Crippen MR) is 82.5 cm³/mol. The molecule has 8 heteroatoms. The van der Waals surface area contributed by atoms with E-state index < -0.39 is 9.84 Å². The van der Waals surface area contributed by atoms with Crippen molar-refractivity contribution < 1.29 is 8.42 Å². The molecule has 0 bridgehead atoms. The second kappa shape index (κ2) is 4.81. The lowest BCUT2D eigenvalue weighted by Gasteiger charge is -2.05. The van der Waals surface area contributed by atoms with Crippen molar-refractivity contribution in [2.24, 2.45) is 7.05 Å². The van der Waals surface area contributed by atoms with Crippen LogP contribution in [-0.2, 0) is 23.4 Å². The van der Waals surface area contributed by atoms with Gasteiger partial charge >= 0.3 is 0 Å². The summed E-state index contributed by atoms with van der Waals surface area (Å²) >= 11 is 5.33. The highest BCUT2D eigenvalue weighted by Crippen LogP contribution is 2.23. The van der Waals surface area contributed by atoms with E-state index in [0.29, 0.717) is 16.8 Å². The lowest BCUT2D eigenvalue weighted by atomic mass is 10.3. The molecule has 0 aliphatic heterocycles. The normalized spacial score (nSPS) is 12.1. The standard InChI is InChI=1S/C13H14N4O2S2/c1-16-7-6-14-11(16)8-17-9-4-3-5-10(21(2,18)19)12(9)15-13(17)20/h3-7H,8H2,1-2H3,(H,15,20). The average Bonchev–Trinajstić information content (AvgIpc) is 2.93. The molecule has 6 nitrogen and oxygen atoms in total. The lowest BCUT2D eigenvalue weighted by molar-refractivity contribution is 0.602. The van der Waals surface area contributed by atoms with E-state index in [-0.39, 0.29) is 4.90 Å². The molecule has 1 aromatic carbocycles.